The lowest BCUT2D eigenvalue weighted by Gasteiger charge is -2.26. The standard InChI is InChI=1S/C7H13BrN2O/c8-4-5-9-10-6-2-1-3-7(10)11/h9H,1-6H2. The minimum atomic E-state index is 0.234. The largest absolute Gasteiger partial charge is 0.278 e. The summed E-state index contributed by atoms with van der Waals surface area (Å²) in [4.78, 5) is 11.1. The summed E-state index contributed by atoms with van der Waals surface area (Å²) in [5, 5.41) is 2.61. The Labute approximate surface area is 75.2 Å². The molecule has 0 aromatic rings. The van der Waals surface area contributed by atoms with Crippen molar-refractivity contribution in [3.8, 4) is 0 Å². The lowest BCUT2D eigenvalue weighted by atomic mass is 10.1. The van der Waals surface area contributed by atoms with Crippen LogP contribution in [0.3, 0.4) is 0 Å². The highest BCUT2D eigenvalue weighted by Gasteiger charge is 2.16. The molecule has 0 atom stereocenters. The number of hydrogen-bond donors (Lipinski definition) is 1. The van der Waals surface area contributed by atoms with Gasteiger partial charge in [0.2, 0.25) is 5.91 Å². The average Bonchev–Trinajstić information content (AvgIpc) is 2.03. The smallest absolute Gasteiger partial charge is 0.236 e. The molecule has 0 spiro atoms. The highest BCUT2D eigenvalue weighted by molar-refractivity contribution is 9.09. The molecule has 0 bridgehead atoms. The monoisotopic (exact) mass is 220 g/mol. The first-order chi connectivity index (χ1) is 5.34. The molecule has 0 aromatic heterocycles. The Kier molecular flexibility index (Phi) is 3.86. The number of hydrazine groups is 1. The molecule has 1 amide bonds. The number of hydrogen-bond acceptors (Lipinski definition) is 2. The summed E-state index contributed by atoms with van der Waals surface area (Å²) in [6, 6.07) is 0. The van der Waals surface area contributed by atoms with Crippen molar-refractivity contribution in [2.24, 2.45) is 0 Å². The lowest BCUT2D eigenvalue weighted by molar-refractivity contribution is -0.136. The predicted molar refractivity (Wildman–Crippen MR) is 47.4 cm³/mol. The van der Waals surface area contributed by atoms with Crippen LogP contribution in [-0.2, 0) is 4.79 Å². The second kappa shape index (κ2) is 4.72. The molecular weight excluding hydrogens is 208 g/mol. The molecule has 4 heteroatoms. The van der Waals surface area contributed by atoms with Crippen LogP contribution in [0.5, 0.6) is 0 Å². The van der Waals surface area contributed by atoms with Crippen molar-refractivity contribution in [2.45, 2.75) is 19.3 Å². The fourth-order valence-electron chi connectivity index (χ4n) is 1.15. The summed E-state index contributed by atoms with van der Waals surface area (Å²) >= 11 is 3.30. The van der Waals surface area contributed by atoms with Crippen molar-refractivity contribution in [1.82, 2.24) is 10.4 Å². The minimum Gasteiger partial charge on any atom is -0.278 e. The summed E-state index contributed by atoms with van der Waals surface area (Å²) in [5.41, 5.74) is 3.06. The van der Waals surface area contributed by atoms with E-state index in [0.717, 1.165) is 31.3 Å². The topological polar surface area (TPSA) is 32.3 Å². The Balaban J connectivity index is 2.24. The maximum atomic E-state index is 11.1. The number of piperidine rings is 1. The number of alkyl halides is 1. The molecule has 0 aromatic carbocycles. The van der Waals surface area contributed by atoms with Gasteiger partial charge in [0.25, 0.3) is 0 Å². The van der Waals surface area contributed by atoms with Crippen molar-refractivity contribution in [3.05, 3.63) is 0 Å². The van der Waals surface area contributed by atoms with Gasteiger partial charge in [-0.2, -0.15) is 0 Å². The first-order valence-corrected chi connectivity index (χ1v) is 5.06. The van der Waals surface area contributed by atoms with Gasteiger partial charge in [-0.25, -0.2) is 5.43 Å². The third kappa shape index (κ3) is 2.79. The molecule has 0 radical (unpaired) electrons. The van der Waals surface area contributed by atoms with E-state index in [0.29, 0.717) is 6.42 Å². The zero-order valence-corrected chi connectivity index (χ0v) is 8.06. The zero-order valence-electron chi connectivity index (χ0n) is 6.48. The predicted octanol–water partition coefficient (Wildman–Crippen LogP) is 0.898. The molecule has 1 N–H and O–H groups in total. The van der Waals surface area contributed by atoms with Gasteiger partial charge in [0, 0.05) is 24.8 Å². The number of carbonyl (C=O) groups excluding carboxylic acids is 1. The molecule has 0 saturated carbocycles. The molecule has 1 heterocycles. The average molecular weight is 221 g/mol. The van der Waals surface area contributed by atoms with Crippen molar-refractivity contribution in [2.75, 3.05) is 18.4 Å². The van der Waals surface area contributed by atoms with Crippen molar-refractivity contribution in [3.63, 3.8) is 0 Å². The number of halogens is 1. The number of amides is 1. The van der Waals surface area contributed by atoms with Crippen molar-refractivity contribution >= 4 is 21.8 Å². The summed E-state index contributed by atoms with van der Waals surface area (Å²) in [5.74, 6) is 0.234. The highest BCUT2D eigenvalue weighted by atomic mass is 79.9. The van der Waals surface area contributed by atoms with E-state index in [2.05, 4.69) is 21.4 Å². The fraction of sp³-hybridized carbons (Fsp3) is 0.857. The van der Waals surface area contributed by atoms with E-state index >= 15 is 0 Å². The molecule has 64 valence electrons. The molecule has 1 saturated heterocycles. The van der Waals surface area contributed by atoms with Crippen LogP contribution < -0.4 is 5.43 Å². The molecule has 0 unspecified atom stereocenters. The maximum Gasteiger partial charge on any atom is 0.236 e. The van der Waals surface area contributed by atoms with Crippen LogP contribution >= 0.6 is 15.9 Å². The number of nitrogens with zero attached hydrogens (tertiary/aromatic N) is 1. The Bertz CT molecular complexity index is 140. The van der Waals surface area contributed by atoms with Crippen LogP contribution in [0, 0.1) is 0 Å². The van der Waals surface area contributed by atoms with E-state index in [-0.39, 0.29) is 5.91 Å². The van der Waals surface area contributed by atoms with Crippen LogP contribution in [-0.4, -0.2) is 29.3 Å². The summed E-state index contributed by atoms with van der Waals surface area (Å²) in [7, 11) is 0. The minimum absolute atomic E-state index is 0.234. The van der Waals surface area contributed by atoms with Gasteiger partial charge < -0.3 is 0 Å². The summed E-state index contributed by atoms with van der Waals surface area (Å²) in [6.45, 7) is 1.69. The molecule has 0 aliphatic carbocycles. The van der Waals surface area contributed by atoms with Gasteiger partial charge in [-0.3, -0.25) is 9.80 Å². The van der Waals surface area contributed by atoms with Crippen LogP contribution in [0.2, 0.25) is 0 Å². The Hall–Kier alpha value is -0.0900. The first kappa shape index (κ1) is 9.00. The third-order valence-corrected chi connectivity index (χ3v) is 2.12. The molecule has 11 heavy (non-hydrogen) atoms. The zero-order chi connectivity index (χ0) is 8.10. The van der Waals surface area contributed by atoms with Crippen LogP contribution in [0.1, 0.15) is 19.3 Å². The first-order valence-electron chi connectivity index (χ1n) is 3.94. The molecule has 3 nitrogen and oxygen atoms in total. The van der Waals surface area contributed by atoms with E-state index in [1.807, 2.05) is 0 Å². The van der Waals surface area contributed by atoms with Crippen LogP contribution in [0.25, 0.3) is 0 Å². The van der Waals surface area contributed by atoms with Crippen LogP contribution in [0.15, 0.2) is 0 Å². The molecule has 1 fully saturated rings. The quantitative estimate of drug-likeness (QED) is 0.718. The van der Waals surface area contributed by atoms with Gasteiger partial charge in [-0.05, 0) is 12.8 Å². The fourth-order valence-corrected chi connectivity index (χ4v) is 1.33. The van der Waals surface area contributed by atoms with E-state index in [4.69, 9.17) is 0 Å². The highest BCUT2D eigenvalue weighted by Crippen LogP contribution is 2.07. The second-order valence-corrected chi connectivity index (χ2v) is 3.39. The number of carbonyl (C=O) groups is 1. The number of nitrogens with one attached hydrogen (secondary N) is 1. The lowest BCUT2D eigenvalue weighted by Crippen LogP contribution is -2.46. The van der Waals surface area contributed by atoms with Crippen LogP contribution in [0.4, 0.5) is 0 Å². The summed E-state index contributed by atoms with van der Waals surface area (Å²) < 4.78 is 0. The van der Waals surface area contributed by atoms with Gasteiger partial charge >= 0.3 is 0 Å². The third-order valence-electron chi connectivity index (χ3n) is 1.72. The van der Waals surface area contributed by atoms with Crippen molar-refractivity contribution < 1.29 is 4.79 Å². The molecule has 1 aliphatic rings. The maximum absolute atomic E-state index is 11.1. The van der Waals surface area contributed by atoms with E-state index in [1.165, 1.54) is 0 Å². The SMILES string of the molecule is O=C1CCCCN1NCCBr. The molecular formula is C7H13BrN2O. The Morgan fingerprint density at radius 1 is 1.55 bits per heavy atom. The molecule has 1 rings (SSSR count). The van der Waals surface area contributed by atoms with Gasteiger partial charge in [0.15, 0.2) is 0 Å². The summed E-state index contributed by atoms with van der Waals surface area (Å²) in [6.07, 6.45) is 2.88. The van der Waals surface area contributed by atoms with E-state index in [9.17, 15) is 4.79 Å². The second-order valence-electron chi connectivity index (χ2n) is 2.60. The van der Waals surface area contributed by atoms with Gasteiger partial charge in [-0.15, -0.1) is 0 Å². The Morgan fingerprint density at radius 2 is 2.36 bits per heavy atom. The van der Waals surface area contributed by atoms with Gasteiger partial charge in [0.05, 0.1) is 0 Å². The van der Waals surface area contributed by atoms with E-state index in [1.54, 1.807) is 5.01 Å². The van der Waals surface area contributed by atoms with Crippen molar-refractivity contribution in [1.29, 1.82) is 0 Å². The number of rotatable bonds is 3. The van der Waals surface area contributed by atoms with Gasteiger partial charge in [0.1, 0.15) is 0 Å². The molecule has 1 aliphatic heterocycles. The van der Waals surface area contributed by atoms with Gasteiger partial charge in [-0.1, -0.05) is 15.9 Å². The normalized spacial score (nSPS) is 19.0. The Morgan fingerprint density at radius 3 is 3.00 bits per heavy atom. The van der Waals surface area contributed by atoms with E-state index < -0.39 is 0 Å².